The lowest BCUT2D eigenvalue weighted by Gasteiger charge is -2.27. The van der Waals surface area contributed by atoms with Gasteiger partial charge in [0.15, 0.2) is 0 Å². The molecule has 1 rings (SSSR count). The first-order valence-corrected chi connectivity index (χ1v) is 5.30. The molecular weight excluding hydrogens is 190 g/mol. The van der Waals surface area contributed by atoms with E-state index in [1.807, 2.05) is 0 Å². The summed E-state index contributed by atoms with van der Waals surface area (Å²) >= 11 is 1.68. The van der Waals surface area contributed by atoms with E-state index in [2.05, 4.69) is 5.32 Å². The highest BCUT2D eigenvalue weighted by molar-refractivity contribution is 7.99. The van der Waals surface area contributed by atoms with E-state index in [0.717, 1.165) is 18.6 Å². The summed E-state index contributed by atoms with van der Waals surface area (Å²) in [4.78, 5) is 20.6. The second kappa shape index (κ2) is 5.11. The number of rotatable bonds is 4. The van der Waals surface area contributed by atoms with Crippen molar-refractivity contribution in [2.45, 2.75) is 24.6 Å². The molecule has 13 heavy (non-hydrogen) atoms. The van der Waals surface area contributed by atoms with Gasteiger partial charge in [-0.25, -0.2) is 0 Å². The largest absolute Gasteiger partial charge is 0.481 e. The molecular formula is C8H13NO3S. The van der Waals surface area contributed by atoms with Gasteiger partial charge in [0.05, 0.1) is 5.37 Å². The predicted molar refractivity (Wildman–Crippen MR) is 50.4 cm³/mol. The van der Waals surface area contributed by atoms with E-state index in [1.54, 1.807) is 11.8 Å². The third-order valence-corrected chi connectivity index (χ3v) is 3.31. The maximum absolute atomic E-state index is 10.4. The number of hydrogen-bond acceptors (Lipinski definition) is 3. The monoisotopic (exact) mass is 203 g/mol. The van der Waals surface area contributed by atoms with Crippen molar-refractivity contribution in [1.82, 2.24) is 5.32 Å². The van der Waals surface area contributed by atoms with Gasteiger partial charge in [-0.05, 0) is 24.5 Å². The highest BCUT2D eigenvalue weighted by atomic mass is 32.2. The summed E-state index contributed by atoms with van der Waals surface area (Å²) in [5.74, 6) is 0.404. The fraction of sp³-hybridized carbons (Fsp3) is 0.750. The average molecular weight is 203 g/mol. The number of thioether (sulfide) groups is 1. The van der Waals surface area contributed by atoms with Crippen LogP contribution in [0.15, 0.2) is 0 Å². The lowest BCUT2D eigenvalue weighted by Crippen LogP contribution is -2.31. The van der Waals surface area contributed by atoms with Crippen molar-refractivity contribution in [3.63, 3.8) is 0 Å². The van der Waals surface area contributed by atoms with Gasteiger partial charge in [0, 0.05) is 6.42 Å². The highest BCUT2D eigenvalue weighted by Crippen LogP contribution is 2.29. The van der Waals surface area contributed by atoms with Crippen molar-refractivity contribution in [2.24, 2.45) is 5.92 Å². The molecule has 5 heteroatoms. The van der Waals surface area contributed by atoms with Crippen LogP contribution in [0.3, 0.4) is 0 Å². The molecule has 0 aromatic carbocycles. The van der Waals surface area contributed by atoms with Crippen molar-refractivity contribution in [2.75, 3.05) is 5.75 Å². The SMILES string of the molecule is O=CNC1CC(CC(=O)O)CCS1. The summed E-state index contributed by atoms with van der Waals surface area (Å²) < 4.78 is 0. The molecule has 2 unspecified atom stereocenters. The van der Waals surface area contributed by atoms with Crippen LogP contribution < -0.4 is 5.32 Å². The number of aliphatic carboxylic acids is 1. The minimum absolute atomic E-state index is 0.107. The molecule has 0 saturated carbocycles. The number of amides is 1. The third kappa shape index (κ3) is 3.67. The Morgan fingerprint density at radius 2 is 2.46 bits per heavy atom. The molecule has 74 valence electrons. The molecule has 2 atom stereocenters. The third-order valence-electron chi connectivity index (χ3n) is 2.11. The van der Waals surface area contributed by atoms with E-state index in [9.17, 15) is 9.59 Å². The quantitative estimate of drug-likeness (QED) is 0.659. The second-order valence-corrected chi connectivity index (χ2v) is 4.44. The Morgan fingerprint density at radius 1 is 1.69 bits per heavy atom. The van der Waals surface area contributed by atoms with Crippen molar-refractivity contribution < 1.29 is 14.7 Å². The zero-order valence-corrected chi connectivity index (χ0v) is 8.05. The van der Waals surface area contributed by atoms with E-state index in [4.69, 9.17) is 5.11 Å². The molecule has 0 aromatic heterocycles. The van der Waals surface area contributed by atoms with Crippen LogP contribution in [0.25, 0.3) is 0 Å². The standard InChI is InChI=1S/C8H13NO3S/c10-5-9-7-3-6(1-2-13-7)4-8(11)12/h5-7H,1-4H2,(H,9,10)(H,11,12). The van der Waals surface area contributed by atoms with Crippen molar-refractivity contribution in [3.8, 4) is 0 Å². The lowest BCUT2D eigenvalue weighted by atomic mass is 9.98. The molecule has 4 nitrogen and oxygen atoms in total. The van der Waals surface area contributed by atoms with Crippen molar-refractivity contribution >= 4 is 24.1 Å². The highest BCUT2D eigenvalue weighted by Gasteiger charge is 2.23. The average Bonchev–Trinajstić information content (AvgIpc) is 2.04. The number of carbonyl (C=O) groups is 2. The number of hydrogen-bond donors (Lipinski definition) is 2. The summed E-state index contributed by atoms with van der Waals surface area (Å²) in [6.45, 7) is 0. The number of carboxylic acid groups (broad SMARTS) is 1. The normalized spacial score (nSPS) is 28.0. The van der Waals surface area contributed by atoms with E-state index in [-0.39, 0.29) is 17.7 Å². The molecule has 0 aliphatic carbocycles. The van der Waals surface area contributed by atoms with Crippen molar-refractivity contribution in [1.29, 1.82) is 0 Å². The number of carboxylic acids is 1. The van der Waals surface area contributed by atoms with Crippen LogP contribution in [-0.4, -0.2) is 28.6 Å². The minimum atomic E-state index is -0.748. The van der Waals surface area contributed by atoms with Gasteiger partial charge in [-0.3, -0.25) is 9.59 Å². The van der Waals surface area contributed by atoms with Crippen LogP contribution >= 0.6 is 11.8 Å². The van der Waals surface area contributed by atoms with E-state index in [1.165, 1.54) is 0 Å². The fourth-order valence-corrected chi connectivity index (χ4v) is 2.80. The van der Waals surface area contributed by atoms with Crippen LogP contribution in [0.2, 0.25) is 0 Å². The smallest absolute Gasteiger partial charge is 0.303 e. The molecule has 0 aromatic rings. The second-order valence-electron chi connectivity index (χ2n) is 3.13. The Labute approximate surface area is 81.1 Å². The van der Waals surface area contributed by atoms with Gasteiger partial charge in [0.2, 0.25) is 6.41 Å². The van der Waals surface area contributed by atoms with Crippen LogP contribution in [-0.2, 0) is 9.59 Å². The van der Waals surface area contributed by atoms with E-state index < -0.39 is 5.97 Å². The molecule has 1 aliphatic heterocycles. The summed E-state index contributed by atoms with van der Waals surface area (Å²) in [6, 6.07) is 0. The maximum atomic E-state index is 10.4. The molecule has 1 fully saturated rings. The molecule has 1 amide bonds. The van der Waals surface area contributed by atoms with Gasteiger partial charge >= 0.3 is 5.97 Å². The van der Waals surface area contributed by atoms with Crippen LogP contribution in [0.4, 0.5) is 0 Å². The minimum Gasteiger partial charge on any atom is -0.481 e. The number of carbonyl (C=O) groups excluding carboxylic acids is 1. The lowest BCUT2D eigenvalue weighted by molar-refractivity contribution is -0.138. The Kier molecular flexibility index (Phi) is 4.08. The van der Waals surface area contributed by atoms with Gasteiger partial charge in [-0.1, -0.05) is 0 Å². The Bertz CT molecular complexity index is 198. The topological polar surface area (TPSA) is 66.4 Å². The Morgan fingerprint density at radius 3 is 3.08 bits per heavy atom. The summed E-state index contributed by atoms with van der Waals surface area (Å²) in [7, 11) is 0. The first kappa shape index (κ1) is 10.4. The van der Waals surface area contributed by atoms with Crippen LogP contribution in [0.5, 0.6) is 0 Å². The Balaban J connectivity index is 2.32. The van der Waals surface area contributed by atoms with Gasteiger partial charge in [-0.15, -0.1) is 11.8 Å². The molecule has 1 heterocycles. The summed E-state index contributed by atoms with van der Waals surface area (Å²) in [5.41, 5.74) is 0. The van der Waals surface area contributed by atoms with Gasteiger partial charge in [0.25, 0.3) is 0 Å². The zero-order chi connectivity index (χ0) is 9.68. The molecule has 1 aliphatic rings. The van der Waals surface area contributed by atoms with Gasteiger partial charge in [-0.2, -0.15) is 0 Å². The molecule has 0 bridgehead atoms. The number of nitrogens with one attached hydrogen (secondary N) is 1. The Hall–Kier alpha value is -0.710. The zero-order valence-electron chi connectivity index (χ0n) is 7.23. The van der Waals surface area contributed by atoms with Crippen LogP contribution in [0.1, 0.15) is 19.3 Å². The van der Waals surface area contributed by atoms with Gasteiger partial charge < -0.3 is 10.4 Å². The summed E-state index contributed by atoms with van der Waals surface area (Å²) in [6.07, 6.45) is 2.61. The van der Waals surface area contributed by atoms with Gasteiger partial charge in [0.1, 0.15) is 0 Å². The van der Waals surface area contributed by atoms with E-state index >= 15 is 0 Å². The van der Waals surface area contributed by atoms with E-state index in [0.29, 0.717) is 6.41 Å². The first-order valence-electron chi connectivity index (χ1n) is 4.25. The molecule has 0 spiro atoms. The molecule has 0 radical (unpaired) electrons. The maximum Gasteiger partial charge on any atom is 0.303 e. The fourth-order valence-electron chi connectivity index (χ4n) is 1.49. The predicted octanol–water partition coefficient (Wildman–Crippen LogP) is 0.676. The van der Waals surface area contributed by atoms with Crippen molar-refractivity contribution in [3.05, 3.63) is 0 Å². The molecule has 1 saturated heterocycles. The molecule has 2 N–H and O–H groups in total. The first-order chi connectivity index (χ1) is 6.22. The summed E-state index contributed by atoms with van der Waals surface area (Å²) in [5, 5.41) is 11.4. The van der Waals surface area contributed by atoms with Crippen LogP contribution in [0, 0.1) is 5.92 Å².